The van der Waals surface area contributed by atoms with Crippen molar-refractivity contribution in [3.05, 3.63) is 51.9 Å². The molecule has 4 aromatic rings. The van der Waals surface area contributed by atoms with Crippen molar-refractivity contribution in [3.8, 4) is 5.69 Å². The van der Waals surface area contributed by atoms with Gasteiger partial charge in [0.1, 0.15) is 11.2 Å². The number of para-hydroxylation sites is 1. The molecule has 1 aromatic carbocycles. The van der Waals surface area contributed by atoms with Crippen LogP contribution >= 0.6 is 22.7 Å². The number of thiazole rings is 1. The molecular weight excluding hydrogens is 380 g/mol. The molecule has 0 atom stereocenters. The number of thiophene rings is 1. The van der Waals surface area contributed by atoms with Crippen molar-refractivity contribution in [1.29, 1.82) is 0 Å². The van der Waals surface area contributed by atoms with Gasteiger partial charge in [-0.3, -0.25) is 4.79 Å². The third kappa shape index (κ3) is 3.02. The average molecular weight is 397 g/mol. The molecule has 9 heteroatoms. The quantitative estimate of drug-likeness (QED) is 0.531. The monoisotopic (exact) mass is 396 g/mol. The molecule has 0 unspecified atom stereocenters. The summed E-state index contributed by atoms with van der Waals surface area (Å²) in [6.07, 6.45) is 3.40. The molecule has 1 aliphatic heterocycles. The molecule has 0 radical (unpaired) electrons. The summed E-state index contributed by atoms with van der Waals surface area (Å²) in [5.74, 6) is 0.479. The summed E-state index contributed by atoms with van der Waals surface area (Å²) in [4.78, 5) is 20.4. The lowest BCUT2D eigenvalue weighted by atomic mass is 9.97. The second-order valence-corrected chi connectivity index (χ2v) is 8.45. The number of carbonyl (C=O) groups excluding carboxylic acids is 1. The molecule has 1 saturated heterocycles. The van der Waals surface area contributed by atoms with Crippen LogP contribution in [0.1, 0.15) is 33.4 Å². The average Bonchev–Trinajstić information content (AvgIpc) is 3.47. The van der Waals surface area contributed by atoms with E-state index in [9.17, 15) is 4.79 Å². The fraction of sp³-hybridized carbons (Fsp3) is 0.278. The zero-order chi connectivity index (χ0) is 18.2. The van der Waals surface area contributed by atoms with Gasteiger partial charge in [-0.25, -0.2) is 4.98 Å². The van der Waals surface area contributed by atoms with Gasteiger partial charge < -0.3 is 4.90 Å². The van der Waals surface area contributed by atoms with E-state index in [4.69, 9.17) is 4.98 Å². The molecule has 1 aliphatic rings. The molecule has 136 valence electrons. The van der Waals surface area contributed by atoms with E-state index in [0.717, 1.165) is 37.1 Å². The summed E-state index contributed by atoms with van der Waals surface area (Å²) in [6, 6.07) is 10.1. The van der Waals surface area contributed by atoms with Gasteiger partial charge in [0.2, 0.25) is 0 Å². The molecule has 1 amide bonds. The predicted molar refractivity (Wildman–Crippen MR) is 105 cm³/mol. The lowest BCUT2D eigenvalue weighted by Crippen LogP contribution is -2.37. The summed E-state index contributed by atoms with van der Waals surface area (Å²) in [6.45, 7) is 1.48. The van der Waals surface area contributed by atoms with E-state index < -0.39 is 0 Å². The number of fused-ring (bicyclic) bond motifs is 1. The van der Waals surface area contributed by atoms with Crippen LogP contribution in [0.2, 0.25) is 0 Å². The molecule has 3 aromatic heterocycles. The minimum absolute atomic E-state index is 0.0539. The molecule has 0 saturated carbocycles. The van der Waals surface area contributed by atoms with Crippen molar-refractivity contribution >= 4 is 38.8 Å². The maximum Gasteiger partial charge on any atom is 0.266 e. The molecule has 7 nitrogen and oxygen atoms in total. The summed E-state index contributed by atoms with van der Waals surface area (Å²) in [5, 5.41) is 14.3. The number of nitrogens with zero attached hydrogens (tertiary/aromatic N) is 6. The predicted octanol–water partition coefficient (Wildman–Crippen LogP) is 3.35. The van der Waals surface area contributed by atoms with Crippen LogP contribution in [-0.2, 0) is 0 Å². The summed E-state index contributed by atoms with van der Waals surface area (Å²) < 4.78 is 2.77. The van der Waals surface area contributed by atoms with Crippen molar-refractivity contribution in [2.75, 3.05) is 13.1 Å². The van der Waals surface area contributed by atoms with E-state index in [1.165, 1.54) is 32.1 Å². The van der Waals surface area contributed by atoms with Crippen molar-refractivity contribution in [1.82, 2.24) is 30.1 Å². The van der Waals surface area contributed by atoms with Gasteiger partial charge in [0.05, 0.1) is 20.9 Å². The maximum absolute atomic E-state index is 13.0. The standard InChI is InChI=1S/C18H16N6OS2/c25-18(16-14(7-10-26-16)24-11-19-21-22-24)23-8-5-12(6-9-23)17-20-13-3-1-2-4-15(13)27-17/h1-4,7,10-12H,5-6,8-9H2. The second-order valence-electron chi connectivity index (χ2n) is 6.48. The zero-order valence-corrected chi connectivity index (χ0v) is 16.0. The maximum atomic E-state index is 13.0. The largest absolute Gasteiger partial charge is 0.338 e. The Balaban J connectivity index is 1.31. The molecular formula is C18H16N6OS2. The molecule has 5 rings (SSSR count). The van der Waals surface area contributed by atoms with Crippen molar-refractivity contribution in [2.24, 2.45) is 0 Å². The van der Waals surface area contributed by atoms with E-state index in [-0.39, 0.29) is 5.91 Å². The van der Waals surface area contributed by atoms with Gasteiger partial charge in [-0.1, -0.05) is 12.1 Å². The number of hydrogen-bond acceptors (Lipinski definition) is 7. The Labute approximate surface area is 163 Å². The zero-order valence-electron chi connectivity index (χ0n) is 14.4. The van der Waals surface area contributed by atoms with Gasteiger partial charge in [-0.05, 0) is 46.8 Å². The third-order valence-corrected chi connectivity index (χ3v) is 6.97. The van der Waals surface area contributed by atoms with Crippen LogP contribution in [0.4, 0.5) is 0 Å². The fourth-order valence-corrected chi connectivity index (χ4v) is 5.43. The van der Waals surface area contributed by atoms with Gasteiger partial charge >= 0.3 is 0 Å². The Morgan fingerprint density at radius 1 is 1.15 bits per heavy atom. The van der Waals surface area contributed by atoms with Gasteiger partial charge in [-0.2, -0.15) is 4.68 Å². The lowest BCUT2D eigenvalue weighted by Gasteiger charge is -2.31. The van der Waals surface area contributed by atoms with Gasteiger partial charge in [0, 0.05) is 19.0 Å². The first-order chi connectivity index (χ1) is 13.3. The number of amides is 1. The molecule has 0 bridgehead atoms. The van der Waals surface area contributed by atoms with Gasteiger partial charge in [-0.15, -0.1) is 27.8 Å². The molecule has 4 heterocycles. The Kier molecular flexibility index (Phi) is 4.17. The highest BCUT2D eigenvalue weighted by Gasteiger charge is 2.28. The third-order valence-electron chi connectivity index (χ3n) is 4.88. The summed E-state index contributed by atoms with van der Waals surface area (Å²) in [7, 11) is 0. The highest BCUT2D eigenvalue weighted by atomic mass is 32.1. The molecule has 0 spiro atoms. The molecule has 0 aliphatic carbocycles. The Morgan fingerprint density at radius 2 is 2.00 bits per heavy atom. The Hall–Kier alpha value is -2.65. The highest BCUT2D eigenvalue weighted by Crippen LogP contribution is 2.34. The van der Waals surface area contributed by atoms with Crippen LogP contribution in [0.5, 0.6) is 0 Å². The smallest absolute Gasteiger partial charge is 0.266 e. The number of hydrogen-bond donors (Lipinski definition) is 0. The van der Waals surface area contributed by atoms with Gasteiger partial charge in [0.15, 0.2) is 0 Å². The van der Waals surface area contributed by atoms with Crippen LogP contribution in [-0.4, -0.2) is 49.1 Å². The first-order valence-electron chi connectivity index (χ1n) is 8.75. The van der Waals surface area contributed by atoms with Crippen LogP contribution in [0.15, 0.2) is 42.0 Å². The molecule has 1 fully saturated rings. The van der Waals surface area contributed by atoms with E-state index in [1.807, 2.05) is 22.4 Å². The Bertz CT molecular complexity index is 1050. The number of tetrazole rings is 1. The number of rotatable bonds is 3. The SMILES string of the molecule is O=C(c1sccc1-n1cnnn1)N1CCC(c2nc3ccccc3s2)CC1. The first-order valence-corrected chi connectivity index (χ1v) is 10.4. The van der Waals surface area contributed by atoms with Crippen LogP contribution in [0.25, 0.3) is 15.9 Å². The Morgan fingerprint density at radius 3 is 2.78 bits per heavy atom. The number of likely N-dealkylation sites (tertiary alicyclic amines) is 1. The lowest BCUT2D eigenvalue weighted by molar-refractivity contribution is 0.0718. The summed E-state index contributed by atoms with van der Waals surface area (Å²) in [5.41, 5.74) is 1.81. The van der Waals surface area contributed by atoms with Crippen LogP contribution < -0.4 is 0 Å². The van der Waals surface area contributed by atoms with Crippen LogP contribution in [0.3, 0.4) is 0 Å². The van der Waals surface area contributed by atoms with Crippen molar-refractivity contribution < 1.29 is 4.79 Å². The van der Waals surface area contributed by atoms with E-state index in [2.05, 4.69) is 33.7 Å². The second kappa shape index (κ2) is 6.82. The van der Waals surface area contributed by atoms with Crippen molar-refractivity contribution in [2.45, 2.75) is 18.8 Å². The van der Waals surface area contributed by atoms with E-state index in [0.29, 0.717) is 10.8 Å². The number of benzene rings is 1. The van der Waals surface area contributed by atoms with E-state index in [1.54, 1.807) is 11.3 Å². The topological polar surface area (TPSA) is 76.8 Å². The highest BCUT2D eigenvalue weighted by molar-refractivity contribution is 7.18. The molecule has 0 N–H and O–H groups in total. The minimum Gasteiger partial charge on any atom is -0.338 e. The first kappa shape index (κ1) is 16.5. The number of carbonyl (C=O) groups is 1. The minimum atomic E-state index is 0.0539. The number of aromatic nitrogens is 5. The van der Waals surface area contributed by atoms with E-state index >= 15 is 0 Å². The normalized spacial score (nSPS) is 15.5. The summed E-state index contributed by atoms with van der Waals surface area (Å²) >= 11 is 3.21. The fourth-order valence-electron chi connectivity index (χ4n) is 3.45. The number of piperidine rings is 1. The van der Waals surface area contributed by atoms with Crippen molar-refractivity contribution in [3.63, 3.8) is 0 Å². The van der Waals surface area contributed by atoms with Crippen LogP contribution in [0, 0.1) is 0 Å². The van der Waals surface area contributed by atoms with Gasteiger partial charge in [0.25, 0.3) is 5.91 Å². The molecule has 27 heavy (non-hydrogen) atoms.